The van der Waals surface area contributed by atoms with Crippen molar-refractivity contribution in [3.63, 3.8) is 0 Å². The molecule has 134 valence electrons. The molecule has 0 saturated carbocycles. The van der Waals surface area contributed by atoms with Gasteiger partial charge in [0.2, 0.25) is 5.56 Å². The van der Waals surface area contributed by atoms with E-state index >= 15 is 0 Å². The fourth-order valence-corrected chi connectivity index (χ4v) is 3.17. The number of carbonyl (C=O) groups is 1. The number of pyridine rings is 1. The SMILES string of the molecule is CCOC(=O)C1(OC(C)c2ccc3[nH]c(=O)ccc3c2)CCOCC1. The molecular formula is C19H23NO5. The number of benzene rings is 1. The number of H-pyrrole nitrogens is 1. The van der Waals surface area contributed by atoms with Crippen LogP contribution in [0.4, 0.5) is 0 Å². The molecule has 0 spiro atoms. The van der Waals surface area contributed by atoms with Crippen LogP contribution in [0.3, 0.4) is 0 Å². The summed E-state index contributed by atoms with van der Waals surface area (Å²) in [5, 5.41) is 0.921. The molecule has 1 unspecified atom stereocenters. The van der Waals surface area contributed by atoms with Gasteiger partial charge in [0.05, 0.1) is 12.7 Å². The second kappa shape index (κ2) is 7.37. The van der Waals surface area contributed by atoms with E-state index in [9.17, 15) is 9.59 Å². The number of rotatable bonds is 5. The summed E-state index contributed by atoms with van der Waals surface area (Å²) in [4.78, 5) is 26.7. The number of aromatic amines is 1. The van der Waals surface area contributed by atoms with Gasteiger partial charge < -0.3 is 19.2 Å². The van der Waals surface area contributed by atoms with Crippen LogP contribution in [0.5, 0.6) is 0 Å². The molecule has 25 heavy (non-hydrogen) atoms. The maximum Gasteiger partial charge on any atom is 0.338 e. The van der Waals surface area contributed by atoms with E-state index in [0.29, 0.717) is 32.7 Å². The number of nitrogens with one attached hydrogen (secondary N) is 1. The van der Waals surface area contributed by atoms with Gasteiger partial charge in [-0.25, -0.2) is 4.79 Å². The third kappa shape index (κ3) is 3.75. The Balaban J connectivity index is 1.85. The number of hydrogen-bond donors (Lipinski definition) is 1. The molecule has 1 atom stereocenters. The Bertz CT molecular complexity index is 807. The van der Waals surface area contributed by atoms with Crippen molar-refractivity contribution < 1.29 is 19.0 Å². The van der Waals surface area contributed by atoms with Crippen molar-refractivity contribution in [1.29, 1.82) is 0 Å². The molecule has 1 fully saturated rings. The van der Waals surface area contributed by atoms with Gasteiger partial charge in [0.1, 0.15) is 0 Å². The van der Waals surface area contributed by atoms with Gasteiger partial charge in [-0.1, -0.05) is 6.07 Å². The van der Waals surface area contributed by atoms with Gasteiger partial charge >= 0.3 is 5.97 Å². The number of carbonyl (C=O) groups excluding carboxylic acids is 1. The largest absolute Gasteiger partial charge is 0.464 e. The molecule has 0 radical (unpaired) electrons. The molecule has 1 aliphatic heterocycles. The van der Waals surface area contributed by atoms with E-state index in [1.165, 1.54) is 6.07 Å². The third-order valence-electron chi connectivity index (χ3n) is 4.57. The number of esters is 1. The summed E-state index contributed by atoms with van der Waals surface area (Å²) in [6.45, 7) is 4.99. The summed E-state index contributed by atoms with van der Waals surface area (Å²) in [6.07, 6.45) is 0.674. The first kappa shape index (κ1) is 17.6. The van der Waals surface area contributed by atoms with Gasteiger partial charge in [0.15, 0.2) is 5.60 Å². The number of aromatic nitrogens is 1. The topological polar surface area (TPSA) is 77.6 Å². The standard InChI is InChI=1S/C19H23NO5/c1-3-24-18(22)19(8-10-23-11-9-19)25-13(2)14-4-6-16-15(12-14)5-7-17(21)20-16/h4-7,12-13H,3,8-11H2,1-2H3,(H,20,21). The van der Waals surface area contributed by atoms with E-state index in [4.69, 9.17) is 14.2 Å². The molecule has 2 heterocycles. The van der Waals surface area contributed by atoms with Gasteiger partial charge in [-0.15, -0.1) is 0 Å². The highest BCUT2D eigenvalue weighted by Gasteiger charge is 2.44. The Morgan fingerprint density at radius 3 is 2.76 bits per heavy atom. The summed E-state index contributed by atoms with van der Waals surface area (Å²) < 4.78 is 16.9. The first-order valence-corrected chi connectivity index (χ1v) is 8.60. The van der Waals surface area contributed by atoms with Crippen molar-refractivity contribution in [1.82, 2.24) is 4.98 Å². The molecule has 0 aliphatic carbocycles. The monoisotopic (exact) mass is 345 g/mol. The van der Waals surface area contributed by atoms with Crippen LogP contribution in [0.2, 0.25) is 0 Å². The molecular weight excluding hydrogens is 322 g/mol. The van der Waals surface area contributed by atoms with Crippen LogP contribution in [0.15, 0.2) is 35.1 Å². The Morgan fingerprint density at radius 1 is 1.28 bits per heavy atom. The Morgan fingerprint density at radius 2 is 2.04 bits per heavy atom. The minimum Gasteiger partial charge on any atom is -0.464 e. The Labute approximate surface area is 146 Å². The van der Waals surface area contributed by atoms with Gasteiger partial charge in [0, 0.05) is 37.6 Å². The summed E-state index contributed by atoms with van der Waals surface area (Å²) in [7, 11) is 0. The first-order valence-electron chi connectivity index (χ1n) is 8.60. The smallest absolute Gasteiger partial charge is 0.338 e. The van der Waals surface area contributed by atoms with Gasteiger partial charge in [-0.2, -0.15) is 0 Å². The molecule has 3 rings (SSSR count). The van der Waals surface area contributed by atoms with Crippen molar-refractivity contribution in [2.24, 2.45) is 0 Å². The maximum absolute atomic E-state index is 12.5. The highest BCUT2D eigenvalue weighted by molar-refractivity contribution is 5.80. The van der Waals surface area contributed by atoms with E-state index in [2.05, 4.69) is 4.98 Å². The van der Waals surface area contributed by atoms with Crippen LogP contribution in [0.1, 0.15) is 38.4 Å². The van der Waals surface area contributed by atoms with Crippen LogP contribution >= 0.6 is 0 Å². The van der Waals surface area contributed by atoms with Crippen molar-refractivity contribution in [3.8, 4) is 0 Å². The zero-order valence-electron chi connectivity index (χ0n) is 14.5. The second-order valence-electron chi connectivity index (χ2n) is 6.26. The summed E-state index contributed by atoms with van der Waals surface area (Å²) in [5.41, 5.74) is 0.616. The molecule has 1 N–H and O–H groups in total. The van der Waals surface area contributed by atoms with Gasteiger partial charge in [0.25, 0.3) is 0 Å². The second-order valence-corrected chi connectivity index (χ2v) is 6.26. The molecule has 1 saturated heterocycles. The summed E-state index contributed by atoms with van der Waals surface area (Å²) in [6, 6.07) is 9.00. The predicted molar refractivity (Wildman–Crippen MR) is 93.5 cm³/mol. The lowest BCUT2D eigenvalue weighted by molar-refractivity contribution is -0.193. The highest BCUT2D eigenvalue weighted by atomic mass is 16.6. The molecule has 0 amide bonds. The fourth-order valence-electron chi connectivity index (χ4n) is 3.17. The molecule has 6 heteroatoms. The summed E-state index contributed by atoms with van der Waals surface area (Å²) >= 11 is 0. The van der Waals surface area contributed by atoms with E-state index in [0.717, 1.165) is 16.5 Å². The average molecular weight is 345 g/mol. The van der Waals surface area contributed by atoms with Crippen LogP contribution in [-0.4, -0.2) is 36.4 Å². The van der Waals surface area contributed by atoms with E-state index in [1.54, 1.807) is 13.0 Å². The molecule has 2 aromatic rings. The minimum absolute atomic E-state index is 0.131. The normalized spacial score (nSPS) is 18.0. The lowest BCUT2D eigenvalue weighted by Crippen LogP contribution is -2.48. The fraction of sp³-hybridized carbons (Fsp3) is 0.474. The lowest BCUT2D eigenvalue weighted by atomic mass is 9.93. The van der Waals surface area contributed by atoms with Crippen molar-refractivity contribution in [2.45, 2.75) is 38.4 Å². The Kier molecular flexibility index (Phi) is 5.20. The van der Waals surface area contributed by atoms with Crippen LogP contribution in [0.25, 0.3) is 10.9 Å². The predicted octanol–water partition coefficient (Wildman–Crippen LogP) is 2.72. The van der Waals surface area contributed by atoms with Crippen LogP contribution in [-0.2, 0) is 19.0 Å². The maximum atomic E-state index is 12.5. The van der Waals surface area contributed by atoms with Crippen LogP contribution in [0, 0.1) is 0 Å². The molecule has 1 aromatic heterocycles. The first-order chi connectivity index (χ1) is 12.0. The average Bonchev–Trinajstić information content (AvgIpc) is 2.62. The van der Waals surface area contributed by atoms with E-state index < -0.39 is 5.60 Å². The van der Waals surface area contributed by atoms with E-state index in [1.807, 2.05) is 25.1 Å². The number of hydrogen-bond acceptors (Lipinski definition) is 5. The number of ether oxygens (including phenoxy) is 3. The Hall–Kier alpha value is -2.18. The van der Waals surface area contributed by atoms with Crippen molar-refractivity contribution in [3.05, 3.63) is 46.2 Å². The molecule has 6 nitrogen and oxygen atoms in total. The third-order valence-corrected chi connectivity index (χ3v) is 4.57. The van der Waals surface area contributed by atoms with Crippen molar-refractivity contribution in [2.75, 3.05) is 19.8 Å². The van der Waals surface area contributed by atoms with Crippen molar-refractivity contribution >= 4 is 16.9 Å². The zero-order chi connectivity index (χ0) is 17.9. The van der Waals surface area contributed by atoms with E-state index in [-0.39, 0.29) is 17.6 Å². The van der Waals surface area contributed by atoms with Crippen LogP contribution < -0.4 is 5.56 Å². The number of fused-ring (bicyclic) bond motifs is 1. The summed E-state index contributed by atoms with van der Waals surface area (Å²) in [5.74, 6) is -0.324. The zero-order valence-corrected chi connectivity index (χ0v) is 14.5. The highest BCUT2D eigenvalue weighted by Crippen LogP contribution is 2.33. The van der Waals surface area contributed by atoms with Gasteiger partial charge in [-0.05, 0) is 43.0 Å². The molecule has 1 aliphatic rings. The lowest BCUT2D eigenvalue weighted by Gasteiger charge is -2.37. The minimum atomic E-state index is -0.965. The molecule has 0 bridgehead atoms. The van der Waals surface area contributed by atoms with Gasteiger partial charge in [-0.3, -0.25) is 4.79 Å². The quantitative estimate of drug-likeness (QED) is 0.843. The molecule has 1 aromatic carbocycles.